The molecule has 2 atom stereocenters. The van der Waals surface area contributed by atoms with Crippen LogP contribution in [0, 0.1) is 22.0 Å². The topological polar surface area (TPSA) is 107 Å². The third kappa shape index (κ3) is 2.71. The number of ether oxygens (including phenoxy) is 1. The molecule has 0 radical (unpaired) electrons. The Bertz CT molecular complexity index is 1440. The standard InChI is InChI=1S/C26H17ClN2O6/c1-13(30)35-20-11-10-14(12-19(20)29(33)34)28-24(31)22-21-15-6-2-4-8-17(15)26(27,23(22)25(28)32)18-9-5-3-7-16(18)21/h2-12,21-23H,1H3/t21?,22-,23-,26?/m1/s1. The van der Waals surface area contributed by atoms with Crippen molar-refractivity contribution in [2.45, 2.75) is 17.7 Å². The lowest BCUT2D eigenvalue weighted by molar-refractivity contribution is -0.385. The Kier molecular flexibility index (Phi) is 4.44. The van der Waals surface area contributed by atoms with E-state index in [1.54, 1.807) is 0 Å². The number of amides is 2. The largest absolute Gasteiger partial charge is 0.419 e. The van der Waals surface area contributed by atoms with Gasteiger partial charge in [-0.15, -0.1) is 11.6 Å². The fraction of sp³-hybridized carbons (Fsp3) is 0.192. The molecule has 1 aliphatic heterocycles. The quantitative estimate of drug-likeness (QED) is 0.136. The molecule has 3 aromatic carbocycles. The summed E-state index contributed by atoms with van der Waals surface area (Å²) in [6.07, 6.45) is 0. The van der Waals surface area contributed by atoms with Crippen molar-refractivity contribution in [3.05, 3.63) is 99.1 Å². The number of halogens is 1. The summed E-state index contributed by atoms with van der Waals surface area (Å²) in [5.74, 6) is -3.97. The van der Waals surface area contributed by atoms with Crippen molar-refractivity contribution in [3.8, 4) is 5.75 Å². The summed E-state index contributed by atoms with van der Waals surface area (Å²) in [5.41, 5.74) is 2.91. The first-order valence-corrected chi connectivity index (χ1v) is 11.3. The second-order valence-electron chi connectivity index (χ2n) is 8.88. The fourth-order valence-corrected chi connectivity index (χ4v) is 6.54. The molecule has 2 amide bonds. The number of benzene rings is 3. The zero-order valence-corrected chi connectivity index (χ0v) is 19.1. The van der Waals surface area contributed by atoms with E-state index < -0.39 is 45.1 Å². The molecule has 35 heavy (non-hydrogen) atoms. The molecule has 0 N–H and O–H groups in total. The Morgan fingerprint density at radius 2 is 1.60 bits per heavy atom. The minimum absolute atomic E-state index is 0.0322. The van der Waals surface area contributed by atoms with Crippen LogP contribution in [0.25, 0.3) is 0 Å². The van der Waals surface area contributed by atoms with E-state index in [0.717, 1.165) is 40.1 Å². The van der Waals surface area contributed by atoms with Crippen LogP contribution < -0.4 is 9.64 Å². The molecule has 1 fully saturated rings. The molecule has 0 aromatic heterocycles. The molecule has 8 nitrogen and oxygen atoms in total. The lowest BCUT2D eigenvalue weighted by atomic mass is 9.54. The van der Waals surface area contributed by atoms with Crippen molar-refractivity contribution in [3.63, 3.8) is 0 Å². The van der Waals surface area contributed by atoms with Gasteiger partial charge in [-0.25, -0.2) is 4.90 Å². The lowest BCUT2D eigenvalue weighted by Crippen LogP contribution is -2.50. The maximum absolute atomic E-state index is 13.9. The molecule has 4 aliphatic rings. The van der Waals surface area contributed by atoms with Gasteiger partial charge < -0.3 is 4.74 Å². The first-order chi connectivity index (χ1) is 16.7. The lowest BCUT2D eigenvalue weighted by Gasteiger charge is -2.50. The van der Waals surface area contributed by atoms with E-state index in [-0.39, 0.29) is 17.4 Å². The molecule has 0 spiro atoms. The van der Waals surface area contributed by atoms with Gasteiger partial charge >= 0.3 is 11.7 Å². The average molecular weight is 489 g/mol. The molecule has 174 valence electrons. The van der Waals surface area contributed by atoms with Crippen molar-refractivity contribution in [1.29, 1.82) is 0 Å². The number of anilines is 1. The molecule has 3 aromatic rings. The van der Waals surface area contributed by atoms with Gasteiger partial charge in [0.2, 0.25) is 17.6 Å². The second-order valence-corrected chi connectivity index (χ2v) is 9.48. The van der Waals surface area contributed by atoms with Gasteiger partial charge in [0, 0.05) is 18.9 Å². The Morgan fingerprint density at radius 3 is 2.17 bits per heavy atom. The third-order valence-corrected chi connectivity index (χ3v) is 7.81. The molecule has 1 saturated heterocycles. The fourth-order valence-electron chi connectivity index (χ4n) is 5.96. The van der Waals surface area contributed by atoms with Crippen molar-refractivity contribution >= 4 is 40.8 Å². The van der Waals surface area contributed by atoms with E-state index >= 15 is 0 Å². The molecule has 7 rings (SSSR count). The predicted octanol–water partition coefficient (Wildman–Crippen LogP) is 4.27. The van der Waals surface area contributed by atoms with Gasteiger partial charge in [0.1, 0.15) is 4.87 Å². The first-order valence-electron chi connectivity index (χ1n) is 11.0. The van der Waals surface area contributed by atoms with E-state index in [0.29, 0.717) is 0 Å². The van der Waals surface area contributed by atoms with Crippen molar-refractivity contribution < 1.29 is 24.0 Å². The number of nitro benzene ring substituents is 1. The number of nitrogens with zero attached hydrogens (tertiary/aromatic N) is 2. The normalized spacial score (nSPS) is 25.7. The van der Waals surface area contributed by atoms with E-state index in [1.165, 1.54) is 12.1 Å². The summed E-state index contributed by atoms with van der Waals surface area (Å²) in [4.78, 5) is 49.7. The van der Waals surface area contributed by atoms with E-state index in [4.69, 9.17) is 16.3 Å². The van der Waals surface area contributed by atoms with Crippen LogP contribution in [0.15, 0.2) is 66.7 Å². The molecule has 0 saturated carbocycles. The number of imide groups is 1. The summed E-state index contributed by atoms with van der Waals surface area (Å²) in [6, 6.07) is 18.8. The van der Waals surface area contributed by atoms with Crippen LogP contribution in [0.2, 0.25) is 0 Å². The minimum atomic E-state index is -1.25. The number of hydrogen-bond donors (Lipinski definition) is 0. The van der Waals surface area contributed by atoms with E-state index in [1.807, 2.05) is 48.5 Å². The Morgan fingerprint density at radius 1 is 1.00 bits per heavy atom. The van der Waals surface area contributed by atoms with E-state index in [9.17, 15) is 24.5 Å². The Balaban J connectivity index is 1.52. The van der Waals surface area contributed by atoms with Crippen LogP contribution in [0.1, 0.15) is 35.1 Å². The van der Waals surface area contributed by atoms with Crippen LogP contribution in [-0.4, -0.2) is 22.7 Å². The second kappa shape index (κ2) is 7.23. The zero-order valence-electron chi connectivity index (χ0n) is 18.3. The summed E-state index contributed by atoms with van der Waals surface area (Å²) < 4.78 is 4.93. The SMILES string of the molecule is CC(=O)Oc1ccc(N2C(=O)[C@@H]3C4c5ccccc5C(Cl)(c5ccccc54)[C@H]3C2=O)cc1[N+](=O)[O-]. The van der Waals surface area contributed by atoms with Gasteiger partial charge in [-0.05, 0) is 34.4 Å². The minimum Gasteiger partial charge on any atom is -0.419 e. The van der Waals surface area contributed by atoms with Crippen LogP contribution in [0.4, 0.5) is 11.4 Å². The highest BCUT2D eigenvalue weighted by molar-refractivity contribution is 6.33. The van der Waals surface area contributed by atoms with Gasteiger partial charge in [-0.2, -0.15) is 0 Å². The van der Waals surface area contributed by atoms with Gasteiger partial charge in [-0.3, -0.25) is 24.5 Å². The highest BCUT2D eigenvalue weighted by Gasteiger charge is 2.68. The van der Waals surface area contributed by atoms with E-state index in [2.05, 4.69) is 0 Å². The summed E-state index contributed by atoms with van der Waals surface area (Å²) >= 11 is 7.37. The van der Waals surface area contributed by atoms with Gasteiger partial charge in [0.05, 0.1) is 22.4 Å². The molecule has 2 bridgehead atoms. The van der Waals surface area contributed by atoms with Gasteiger partial charge in [-0.1, -0.05) is 48.5 Å². The Labute approximate surface area is 204 Å². The molecule has 9 heteroatoms. The highest BCUT2D eigenvalue weighted by atomic mass is 35.5. The number of carbonyl (C=O) groups excluding carboxylic acids is 3. The predicted molar refractivity (Wildman–Crippen MR) is 125 cm³/mol. The van der Waals surface area contributed by atoms with Crippen molar-refractivity contribution in [1.82, 2.24) is 0 Å². The number of esters is 1. The molecule has 0 unspecified atom stereocenters. The molecule has 1 heterocycles. The van der Waals surface area contributed by atoms with Crippen LogP contribution >= 0.6 is 11.6 Å². The maximum Gasteiger partial charge on any atom is 0.313 e. The smallest absolute Gasteiger partial charge is 0.313 e. The molecule has 3 aliphatic carbocycles. The number of nitro groups is 1. The first kappa shape index (κ1) is 21.5. The monoisotopic (exact) mass is 488 g/mol. The third-order valence-electron chi connectivity index (χ3n) is 7.17. The highest BCUT2D eigenvalue weighted by Crippen LogP contribution is 2.65. The average Bonchev–Trinajstić information content (AvgIpc) is 3.11. The maximum atomic E-state index is 13.9. The zero-order chi connectivity index (χ0) is 24.6. The van der Waals surface area contributed by atoms with Crippen LogP contribution in [0.5, 0.6) is 5.75 Å². The number of hydrogen-bond acceptors (Lipinski definition) is 6. The van der Waals surface area contributed by atoms with Crippen LogP contribution in [-0.2, 0) is 19.3 Å². The van der Waals surface area contributed by atoms with Crippen molar-refractivity contribution in [2.24, 2.45) is 11.8 Å². The van der Waals surface area contributed by atoms with Crippen LogP contribution in [0.3, 0.4) is 0 Å². The molecular weight excluding hydrogens is 472 g/mol. The summed E-state index contributed by atoms with van der Waals surface area (Å²) in [5, 5.41) is 11.7. The number of alkyl halides is 1. The summed E-state index contributed by atoms with van der Waals surface area (Å²) in [7, 11) is 0. The number of carbonyl (C=O) groups is 3. The van der Waals surface area contributed by atoms with Gasteiger partial charge in [0.15, 0.2) is 0 Å². The van der Waals surface area contributed by atoms with Crippen molar-refractivity contribution in [2.75, 3.05) is 4.90 Å². The Hall–Kier alpha value is -4.04. The number of rotatable bonds is 3. The molecular formula is C26H17ClN2O6. The van der Waals surface area contributed by atoms with Gasteiger partial charge in [0.25, 0.3) is 0 Å². The summed E-state index contributed by atoms with van der Waals surface area (Å²) in [6.45, 7) is 1.13.